The zero-order valence-electron chi connectivity index (χ0n) is 17.2. The zero-order valence-corrected chi connectivity index (χ0v) is 17.2. The quantitative estimate of drug-likeness (QED) is 0.508. The Morgan fingerprint density at radius 2 is 1.71 bits per heavy atom. The molecule has 1 aliphatic rings. The molecule has 6 nitrogen and oxygen atoms in total. The minimum atomic E-state index is -0.0778. The number of amides is 1. The number of hydrogen-bond acceptors (Lipinski definition) is 4. The molecule has 0 N–H and O–H groups in total. The molecule has 1 fully saturated rings. The van der Waals surface area contributed by atoms with Crippen LogP contribution in [0.5, 0.6) is 0 Å². The molecule has 2 aromatic carbocycles. The summed E-state index contributed by atoms with van der Waals surface area (Å²) < 4.78 is 7.89. The fourth-order valence-corrected chi connectivity index (χ4v) is 4.00. The van der Waals surface area contributed by atoms with Crippen LogP contribution in [0.3, 0.4) is 0 Å². The van der Waals surface area contributed by atoms with Gasteiger partial charge >= 0.3 is 0 Å². The highest BCUT2D eigenvalue weighted by atomic mass is 16.4. The van der Waals surface area contributed by atoms with Crippen LogP contribution >= 0.6 is 0 Å². The van der Waals surface area contributed by atoms with Crippen molar-refractivity contribution in [3.63, 3.8) is 0 Å². The molecule has 31 heavy (non-hydrogen) atoms. The molecule has 1 aliphatic heterocycles. The van der Waals surface area contributed by atoms with Crippen molar-refractivity contribution in [2.24, 2.45) is 10.9 Å². The summed E-state index contributed by atoms with van der Waals surface area (Å²) in [6, 6.07) is 24.4. The molecule has 6 heteroatoms. The molecule has 156 valence electrons. The van der Waals surface area contributed by atoms with Gasteiger partial charge in [-0.25, -0.2) is 0 Å². The van der Waals surface area contributed by atoms with E-state index in [1.807, 2.05) is 71.4 Å². The van der Waals surface area contributed by atoms with Crippen LogP contribution in [0.15, 0.2) is 88.4 Å². The largest absolute Gasteiger partial charge is 0.423 e. The number of carbonyl (C=O) groups excluding carboxylic acids is 1. The highest BCUT2D eigenvalue weighted by molar-refractivity contribution is 5.80. The maximum absolute atomic E-state index is 12.9. The summed E-state index contributed by atoms with van der Waals surface area (Å²) >= 11 is 0. The molecule has 0 radical (unpaired) electrons. The molecule has 0 aliphatic carbocycles. The summed E-state index contributed by atoms with van der Waals surface area (Å²) in [6.07, 6.45) is 3.45. The van der Waals surface area contributed by atoms with Crippen molar-refractivity contribution in [3.05, 3.63) is 90.0 Å². The average molecular weight is 412 g/mol. The molecule has 3 heterocycles. The minimum Gasteiger partial charge on any atom is -0.423 e. The Balaban J connectivity index is 1.28. The smallest absolute Gasteiger partial charge is 0.298 e. The summed E-state index contributed by atoms with van der Waals surface area (Å²) in [6.45, 7) is 2.15. The highest BCUT2D eigenvalue weighted by Gasteiger charge is 2.27. The number of para-hydroxylation sites is 2. The van der Waals surface area contributed by atoms with E-state index in [0.717, 1.165) is 37.0 Å². The minimum absolute atomic E-state index is 0.0507. The first kappa shape index (κ1) is 19.3. The Morgan fingerprint density at radius 3 is 2.52 bits per heavy atom. The number of rotatable bonds is 4. The molecule has 4 aromatic rings. The van der Waals surface area contributed by atoms with E-state index in [-0.39, 0.29) is 11.8 Å². The van der Waals surface area contributed by atoms with Crippen LogP contribution in [0.1, 0.15) is 18.4 Å². The van der Waals surface area contributed by atoms with E-state index in [0.29, 0.717) is 18.0 Å². The predicted molar refractivity (Wildman–Crippen MR) is 119 cm³/mol. The van der Waals surface area contributed by atoms with E-state index in [1.165, 1.54) is 5.56 Å². The van der Waals surface area contributed by atoms with Crippen molar-refractivity contribution < 1.29 is 9.21 Å². The van der Waals surface area contributed by atoms with Gasteiger partial charge in [0.05, 0.1) is 0 Å². The van der Waals surface area contributed by atoms with E-state index < -0.39 is 0 Å². The number of nitrogens with zero attached hydrogens (tertiary/aromatic N) is 4. The monoisotopic (exact) mass is 412 g/mol. The van der Waals surface area contributed by atoms with Crippen LogP contribution in [-0.4, -0.2) is 28.5 Å². The lowest BCUT2D eigenvalue weighted by Crippen LogP contribution is -2.36. The zero-order chi connectivity index (χ0) is 21.0. The van der Waals surface area contributed by atoms with Gasteiger partial charge in [-0.15, -0.1) is 0 Å². The highest BCUT2D eigenvalue weighted by Crippen LogP contribution is 2.26. The number of piperidine rings is 1. The molecule has 2 aromatic heterocycles. The van der Waals surface area contributed by atoms with Crippen molar-refractivity contribution in [3.8, 4) is 0 Å². The topological polar surface area (TPSA) is 63.6 Å². The van der Waals surface area contributed by atoms with E-state index in [4.69, 9.17) is 4.42 Å². The molecule has 5 rings (SSSR count). The third-order valence-corrected chi connectivity index (χ3v) is 5.73. The number of benzene rings is 2. The molecule has 0 bridgehead atoms. The second-order valence-electron chi connectivity index (χ2n) is 7.85. The van der Waals surface area contributed by atoms with Crippen LogP contribution in [-0.2, 0) is 11.3 Å². The van der Waals surface area contributed by atoms with Gasteiger partial charge in [-0.05, 0) is 42.7 Å². The average Bonchev–Trinajstić information content (AvgIpc) is 3.25. The third-order valence-electron chi connectivity index (χ3n) is 5.73. The van der Waals surface area contributed by atoms with Crippen LogP contribution in [0.25, 0.3) is 11.1 Å². The van der Waals surface area contributed by atoms with E-state index in [2.05, 4.69) is 27.0 Å². The van der Waals surface area contributed by atoms with Crippen LogP contribution in [0.2, 0.25) is 0 Å². The lowest BCUT2D eigenvalue weighted by atomic mass is 9.96. The van der Waals surface area contributed by atoms with Gasteiger partial charge in [-0.3, -0.25) is 4.79 Å². The van der Waals surface area contributed by atoms with Crippen molar-refractivity contribution in [2.45, 2.75) is 19.4 Å². The van der Waals surface area contributed by atoms with Crippen molar-refractivity contribution >= 4 is 23.0 Å². The van der Waals surface area contributed by atoms with E-state index in [9.17, 15) is 4.79 Å². The Hall–Kier alpha value is -3.67. The number of aromatic nitrogens is 2. The van der Waals surface area contributed by atoms with Crippen LogP contribution < -0.4 is 10.4 Å². The Bertz CT molecular complexity index is 1220. The van der Waals surface area contributed by atoms with Gasteiger partial charge in [0, 0.05) is 31.7 Å². The van der Waals surface area contributed by atoms with Gasteiger partial charge in [0.1, 0.15) is 11.0 Å². The number of pyridine rings is 1. The number of carbonyl (C=O) groups is 1. The molecule has 0 spiro atoms. The molecule has 0 saturated carbocycles. The summed E-state index contributed by atoms with van der Waals surface area (Å²) in [5, 5.41) is 0. The molecule has 0 unspecified atom stereocenters. The maximum Gasteiger partial charge on any atom is 0.298 e. The lowest BCUT2D eigenvalue weighted by Gasteiger charge is -2.29. The Kier molecular flexibility index (Phi) is 5.35. The number of anilines is 1. The summed E-state index contributed by atoms with van der Waals surface area (Å²) in [4.78, 5) is 24.1. The van der Waals surface area contributed by atoms with Gasteiger partial charge in [0.15, 0.2) is 5.58 Å². The Labute approximate surface area is 180 Å². The summed E-state index contributed by atoms with van der Waals surface area (Å²) in [5.41, 5.74) is 3.52. The predicted octanol–water partition coefficient (Wildman–Crippen LogP) is 4.02. The third kappa shape index (κ3) is 4.28. The summed E-state index contributed by atoms with van der Waals surface area (Å²) in [5.74, 6) is -0.128. The van der Waals surface area contributed by atoms with Gasteiger partial charge in [0.25, 0.3) is 11.9 Å². The molecular formula is C25H24N4O2. The van der Waals surface area contributed by atoms with Crippen LogP contribution in [0.4, 0.5) is 6.01 Å². The van der Waals surface area contributed by atoms with Gasteiger partial charge < -0.3 is 13.9 Å². The van der Waals surface area contributed by atoms with Gasteiger partial charge in [0.2, 0.25) is 0 Å². The lowest BCUT2D eigenvalue weighted by molar-refractivity contribution is -0.122. The normalized spacial score (nSPS) is 15.5. The second kappa shape index (κ2) is 8.60. The molecule has 1 saturated heterocycles. The second-order valence-corrected chi connectivity index (χ2v) is 7.85. The van der Waals surface area contributed by atoms with Crippen LogP contribution in [0, 0.1) is 5.92 Å². The Morgan fingerprint density at radius 1 is 0.968 bits per heavy atom. The van der Waals surface area contributed by atoms with Gasteiger partial charge in [-0.1, -0.05) is 48.5 Å². The van der Waals surface area contributed by atoms with E-state index in [1.54, 1.807) is 0 Å². The molecule has 1 amide bonds. The van der Waals surface area contributed by atoms with Crippen molar-refractivity contribution in [1.29, 1.82) is 0 Å². The fraction of sp³-hybridized carbons (Fsp3) is 0.240. The number of oxazole rings is 1. The summed E-state index contributed by atoms with van der Waals surface area (Å²) in [7, 11) is 0. The number of hydrogen-bond donors (Lipinski definition) is 0. The van der Waals surface area contributed by atoms with E-state index >= 15 is 0 Å². The molecular weight excluding hydrogens is 388 g/mol. The number of fused-ring (bicyclic) bond motifs is 1. The van der Waals surface area contributed by atoms with Crippen molar-refractivity contribution in [2.75, 3.05) is 18.0 Å². The van der Waals surface area contributed by atoms with Crippen molar-refractivity contribution in [1.82, 2.24) is 9.55 Å². The standard InChI is InChI=1S/C25H24N4O2/c30-24(27-23-12-6-7-15-29(23)18-19-8-2-1-3-9-19)20-13-16-28(17-14-20)25-26-21-10-4-5-11-22(21)31-25/h1-12,15,20H,13-14,16-18H2. The maximum atomic E-state index is 12.9. The fourth-order valence-electron chi connectivity index (χ4n) is 4.00. The first-order valence-corrected chi connectivity index (χ1v) is 10.6. The first-order valence-electron chi connectivity index (χ1n) is 10.6. The first-order chi connectivity index (χ1) is 15.3. The van der Waals surface area contributed by atoms with Gasteiger partial charge in [-0.2, -0.15) is 9.98 Å². The molecule has 0 atom stereocenters. The SMILES string of the molecule is O=C(N=c1ccccn1Cc1ccccc1)C1CCN(c2nc3ccccc3o2)CC1.